The van der Waals surface area contributed by atoms with Crippen LogP contribution in [0.3, 0.4) is 0 Å². The summed E-state index contributed by atoms with van der Waals surface area (Å²) in [5.41, 5.74) is 2.06. The molecule has 0 aliphatic carbocycles. The number of aromatic nitrogens is 2. The second kappa shape index (κ2) is 5.07. The lowest BCUT2D eigenvalue weighted by Crippen LogP contribution is -2.16. The van der Waals surface area contributed by atoms with Gasteiger partial charge in [-0.15, -0.1) is 11.3 Å². The Morgan fingerprint density at radius 2 is 2.28 bits per heavy atom. The van der Waals surface area contributed by atoms with Gasteiger partial charge in [-0.1, -0.05) is 0 Å². The van der Waals surface area contributed by atoms with Gasteiger partial charge in [0.05, 0.1) is 16.6 Å². The summed E-state index contributed by atoms with van der Waals surface area (Å²) in [4.78, 5) is 10.5. The lowest BCUT2D eigenvalue weighted by molar-refractivity contribution is 0.603. The van der Waals surface area contributed by atoms with E-state index in [9.17, 15) is 0 Å². The first-order valence-corrected chi connectivity index (χ1v) is 7.73. The van der Waals surface area contributed by atoms with E-state index >= 15 is 0 Å². The fraction of sp³-hybridized carbons (Fsp3) is 0.385. The minimum atomic E-state index is 0.326. The van der Waals surface area contributed by atoms with Crippen LogP contribution >= 0.6 is 27.3 Å². The molecular weight excluding hydrogens is 310 g/mol. The summed E-state index contributed by atoms with van der Waals surface area (Å²) in [5, 5.41) is 5.54. The minimum Gasteiger partial charge on any atom is -0.307 e. The Labute approximate surface area is 119 Å². The van der Waals surface area contributed by atoms with Crippen LogP contribution in [0.4, 0.5) is 0 Å². The van der Waals surface area contributed by atoms with Gasteiger partial charge in [-0.05, 0) is 54.4 Å². The monoisotopic (exact) mass is 323 g/mol. The molecule has 0 spiro atoms. The Morgan fingerprint density at radius 1 is 1.39 bits per heavy atom. The van der Waals surface area contributed by atoms with Gasteiger partial charge < -0.3 is 5.32 Å². The highest BCUT2D eigenvalue weighted by atomic mass is 79.9. The van der Waals surface area contributed by atoms with Crippen molar-refractivity contribution in [3.63, 3.8) is 0 Å². The van der Waals surface area contributed by atoms with Crippen molar-refractivity contribution in [2.24, 2.45) is 0 Å². The first-order chi connectivity index (χ1) is 8.72. The SMILES string of the molecule is Cc1cc(-c2cc(Br)cs2)nc(C2CCCN2)n1. The molecule has 0 saturated carbocycles. The molecule has 18 heavy (non-hydrogen) atoms. The second-order valence-corrected chi connectivity index (χ2v) is 6.36. The van der Waals surface area contributed by atoms with Crippen LogP contribution in [0.1, 0.15) is 30.4 Å². The summed E-state index contributed by atoms with van der Waals surface area (Å²) in [6.07, 6.45) is 2.35. The number of hydrogen-bond acceptors (Lipinski definition) is 4. The number of halogens is 1. The fourth-order valence-electron chi connectivity index (χ4n) is 2.23. The van der Waals surface area contributed by atoms with Gasteiger partial charge in [-0.25, -0.2) is 9.97 Å². The Bertz CT molecular complexity index is 561. The number of thiophene rings is 1. The van der Waals surface area contributed by atoms with Crippen LogP contribution in [0.2, 0.25) is 0 Å². The Kier molecular flexibility index (Phi) is 3.46. The molecule has 0 radical (unpaired) electrons. The Hall–Kier alpha value is -0.780. The third-order valence-electron chi connectivity index (χ3n) is 3.06. The number of nitrogens with one attached hydrogen (secondary N) is 1. The molecule has 0 aromatic carbocycles. The van der Waals surface area contributed by atoms with Gasteiger partial charge >= 0.3 is 0 Å². The van der Waals surface area contributed by atoms with Crippen molar-refractivity contribution in [3.05, 3.63) is 33.5 Å². The maximum Gasteiger partial charge on any atom is 0.146 e. The van der Waals surface area contributed by atoms with E-state index in [1.54, 1.807) is 11.3 Å². The van der Waals surface area contributed by atoms with Crippen molar-refractivity contribution in [1.82, 2.24) is 15.3 Å². The van der Waals surface area contributed by atoms with Crippen LogP contribution < -0.4 is 5.32 Å². The number of aryl methyl sites for hydroxylation is 1. The molecule has 3 rings (SSSR count). The first-order valence-electron chi connectivity index (χ1n) is 6.06. The average molecular weight is 324 g/mol. The maximum absolute atomic E-state index is 4.72. The standard InChI is InChI=1S/C13H14BrN3S/c1-8-5-11(12-6-9(14)7-18-12)17-13(16-8)10-3-2-4-15-10/h5-7,10,15H,2-4H2,1H3. The molecule has 0 bridgehead atoms. The van der Waals surface area contributed by atoms with Crippen LogP contribution in [-0.2, 0) is 0 Å². The van der Waals surface area contributed by atoms with Gasteiger partial charge in [0, 0.05) is 15.5 Å². The van der Waals surface area contributed by atoms with Crippen LogP contribution in [0, 0.1) is 6.92 Å². The Morgan fingerprint density at radius 3 is 2.94 bits per heavy atom. The zero-order chi connectivity index (χ0) is 12.5. The molecule has 3 nitrogen and oxygen atoms in total. The lowest BCUT2D eigenvalue weighted by atomic mass is 10.2. The molecule has 0 amide bonds. The van der Waals surface area contributed by atoms with Crippen LogP contribution in [-0.4, -0.2) is 16.5 Å². The molecule has 3 heterocycles. The molecule has 1 aliphatic heterocycles. The maximum atomic E-state index is 4.72. The smallest absolute Gasteiger partial charge is 0.146 e. The van der Waals surface area contributed by atoms with Crippen molar-refractivity contribution < 1.29 is 0 Å². The zero-order valence-corrected chi connectivity index (χ0v) is 12.5. The van der Waals surface area contributed by atoms with Crippen molar-refractivity contribution >= 4 is 27.3 Å². The van der Waals surface area contributed by atoms with E-state index in [1.165, 1.54) is 11.3 Å². The highest BCUT2D eigenvalue weighted by Crippen LogP contribution is 2.30. The second-order valence-electron chi connectivity index (χ2n) is 4.53. The highest BCUT2D eigenvalue weighted by molar-refractivity contribution is 9.10. The lowest BCUT2D eigenvalue weighted by Gasteiger charge is -2.10. The molecule has 1 unspecified atom stereocenters. The summed E-state index contributed by atoms with van der Waals surface area (Å²) in [6.45, 7) is 3.11. The van der Waals surface area contributed by atoms with Crippen LogP contribution in [0.25, 0.3) is 10.6 Å². The summed E-state index contributed by atoms with van der Waals surface area (Å²) in [7, 11) is 0. The molecular formula is C13H14BrN3S. The van der Waals surface area contributed by atoms with Gasteiger partial charge in [0.1, 0.15) is 5.82 Å². The largest absolute Gasteiger partial charge is 0.307 e. The highest BCUT2D eigenvalue weighted by Gasteiger charge is 2.20. The van der Waals surface area contributed by atoms with Crippen molar-refractivity contribution in [2.45, 2.75) is 25.8 Å². The summed E-state index contributed by atoms with van der Waals surface area (Å²) in [5.74, 6) is 0.937. The predicted molar refractivity (Wildman–Crippen MR) is 77.8 cm³/mol. The number of hydrogen-bond donors (Lipinski definition) is 1. The van der Waals surface area contributed by atoms with E-state index < -0.39 is 0 Å². The summed E-state index contributed by atoms with van der Waals surface area (Å²) >= 11 is 5.19. The predicted octanol–water partition coefficient (Wildman–Crippen LogP) is 3.70. The van der Waals surface area contributed by atoms with E-state index in [1.807, 2.05) is 6.92 Å². The van der Waals surface area contributed by atoms with Gasteiger partial charge in [-0.3, -0.25) is 0 Å². The molecule has 1 fully saturated rings. The van der Waals surface area contributed by atoms with E-state index in [0.717, 1.165) is 34.7 Å². The molecule has 2 aromatic heterocycles. The number of nitrogens with zero attached hydrogens (tertiary/aromatic N) is 2. The van der Waals surface area contributed by atoms with Crippen LogP contribution in [0.15, 0.2) is 22.0 Å². The molecule has 5 heteroatoms. The van der Waals surface area contributed by atoms with Gasteiger partial charge in [0.25, 0.3) is 0 Å². The van der Waals surface area contributed by atoms with E-state index in [2.05, 4.69) is 43.7 Å². The molecule has 2 aromatic rings. The third kappa shape index (κ3) is 2.48. The molecule has 1 saturated heterocycles. The first kappa shape index (κ1) is 12.3. The normalized spacial score (nSPS) is 19.3. The van der Waals surface area contributed by atoms with Crippen LogP contribution in [0.5, 0.6) is 0 Å². The van der Waals surface area contributed by atoms with Gasteiger partial charge in [0.15, 0.2) is 0 Å². The van der Waals surface area contributed by atoms with Crippen molar-refractivity contribution in [1.29, 1.82) is 0 Å². The van der Waals surface area contributed by atoms with Crippen molar-refractivity contribution in [3.8, 4) is 10.6 Å². The van der Waals surface area contributed by atoms with Gasteiger partial charge in [0.2, 0.25) is 0 Å². The molecule has 1 N–H and O–H groups in total. The minimum absolute atomic E-state index is 0.326. The summed E-state index contributed by atoms with van der Waals surface area (Å²) < 4.78 is 1.11. The third-order valence-corrected chi connectivity index (χ3v) is 4.78. The van der Waals surface area contributed by atoms with E-state index in [0.29, 0.717) is 6.04 Å². The molecule has 1 atom stereocenters. The topological polar surface area (TPSA) is 37.8 Å². The van der Waals surface area contributed by atoms with Gasteiger partial charge in [-0.2, -0.15) is 0 Å². The fourth-order valence-corrected chi connectivity index (χ4v) is 3.61. The van der Waals surface area contributed by atoms with E-state index in [-0.39, 0.29) is 0 Å². The average Bonchev–Trinajstić information content (AvgIpc) is 2.98. The zero-order valence-electron chi connectivity index (χ0n) is 10.1. The quantitative estimate of drug-likeness (QED) is 0.915. The van der Waals surface area contributed by atoms with E-state index in [4.69, 9.17) is 4.98 Å². The molecule has 94 valence electrons. The summed E-state index contributed by atoms with van der Waals surface area (Å²) in [6, 6.07) is 4.49. The molecule has 1 aliphatic rings. The number of rotatable bonds is 2. The Balaban J connectivity index is 1.99. The van der Waals surface area contributed by atoms with Crippen molar-refractivity contribution in [2.75, 3.05) is 6.54 Å².